The van der Waals surface area contributed by atoms with Crippen molar-refractivity contribution in [3.05, 3.63) is 60.2 Å². The predicted molar refractivity (Wildman–Crippen MR) is 120 cm³/mol. The first-order valence-electron chi connectivity index (χ1n) is 9.09. The van der Waals surface area contributed by atoms with Crippen molar-refractivity contribution >= 4 is 46.7 Å². The van der Waals surface area contributed by atoms with Crippen LogP contribution in [0.2, 0.25) is 0 Å². The Hall–Kier alpha value is -2.49. The van der Waals surface area contributed by atoms with Gasteiger partial charge in [-0.05, 0) is 29.7 Å². The molecule has 0 aliphatic carbocycles. The number of H-pyrrole nitrogens is 1. The van der Waals surface area contributed by atoms with E-state index < -0.39 is 0 Å². The Morgan fingerprint density at radius 3 is 2.57 bits per heavy atom. The molecule has 0 radical (unpaired) electrons. The number of para-hydroxylation sites is 1. The zero-order valence-corrected chi connectivity index (χ0v) is 18.1. The number of nitrogens with zero attached hydrogens (tertiary/aromatic N) is 3. The van der Waals surface area contributed by atoms with E-state index in [4.69, 9.17) is 4.42 Å². The van der Waals surface area contributed by atoms with Crippen LogP contribution in [-0.2, 0) is 6.54 Å². The van der Waals surface area contributed by atoms with Gasteiger partial charge in [0.15, 0.2) is 11.7 Å². The van der Waals surface area contributed by atoms with Gasteiger partial charge in [0.2, 0.25) is 0 Å². The van der Waals surface area contributed by atoms with Crippen molar-refractivity contribution in [1.29, 1.82) is 0 Å². The summed E-state index contributed by atoms with van der Waals surface area (Å²) >= 11 is 0. The molecule has 2 N–H and O–H groups in total. The maximum absolute atomic E-state index is 12.4. The number of fused-ring (bicyclic) bond motifs is 1. The van der Waals surface area contributed by atoms with Gasteiger partial charge in [-0.2, -0.15) is 0 Å². The topological polar surface area (TPSA) is 76.9 Å². The summed E-state index contributed by atoms with van der Waals surface area (Å²) in [6, 6.07) is 13.8. The summed E-state index contributed by atoms with van der Waals surface area (Å²) in [4.78, 5) is 24.2. The van der Waals surface area contributed by atoms with Gasteiger partial charge in [0.25, 0.3) is 5.91 Å². The minimum absolute atomic E-state index is 0. The van der Waals surface area contributed by atoms with Gasteiger partial charge >= 0.3 is 0 Å². The number of hydrogen-bond donors (Lipinski definition) is 2. The second-order valence-corrected chi connectivity index (χ2v) is 6.54. The van der Waals surface area contributed by atoms with Crippen molar-refractivity contribution in [3.63, 3.8) is 0 Å². The number of halogens is 1. The molecule has 1 aromatic carbocycles. The molecule has 2 aromatic heterocycles. The van der Waals surface area contributed by atoms with Crippen LogP contribution in [0.15, 0.2) is 58.1 Å². The Labute approximate surface area is 180 Å². The van der Waals surface area contributed by atoms with Crippen LogP contribution in [0.25, 0.3) is 10.9 Å². The van der Waals surface area contributed by atoms with Gasteiger partial charge in [0.05, 0.1) is 12.8 Å². The van der Waals surface area contributed by atoms with E-state index in [1.165, 1.54) is 11.6 Å². The summed E-state index contributed by atoms with van der Waals surface area (Å²) in [5.41, 5.74) is 2.25. The number of aromatic amines is 1. The molecule has 0 atom stereocenters. The van der Waals surface area contributed by atoms with Crippen LogP contribution in [0.5, 0.6) is 0 Å². The quantitative estimate of drug-likeness (QED) is 0.334. The Morgan fingerprint density at radius 1 is 1.14 bits per heavy atom. The van der Waals surface area contributed by atoms with Gasteiger partial charge in [0, 0.05) is 44.4 Å². The third-order valence-corrected chi connectivity index (χ3v) is 4.83. The summed E-state index contributed by atoms with van der Waals surface area (Å²) < 4.78 is 5.21. The van der Waals surface area contributed by atoms with Crippen molar-refractivity contribution in [1.82, 2.24) is 20.1 Å². The largest absolute Gasteiger partial charge is 0.459 e. The van der Waals surface area contributed by atoms with E-state index >= 15 is 0 Å². The Bertz CT molecular complexity index is 910. The molecule has 8 heteroatoms. The fourth-order valence-corrected chi connectivity index (χ4v) is 3.41. The lowest BCUT2D eigenvalue weighted by molar-refractivity contribution is 0.0657. The van der Waals surface area contributed by atoms with Crippen LogP contribution in [0.4, 0.5) is 0 Å². The van der Waals surface area contributed by atoms with E-state index in [1.54, 1.807) is 19.2 Å². The van der Waals surface area contributed by atoms with Gasteiger partial charge in [-0.25, -0.2) is 0 Å². The lowest BCUT2D eigenvalue weighted by Gasteiger charge is -2.36. The number of piperazine rings is 1. The normalized spacial score (nSPS) is 14.8. The highest BCUT2D eigenvalue weighted by Gasteiger charge is 2.25. The number of aromatic nitrogens is 1. The molecule has 3 aromatic rings. The molecular weight excluding hydrogens is 469 g/mol. The summed E-state index contributed by atoms with van der Waals surface area (Å²) in [5.74, 6) is 1.18. The molecule has 1 amide bonds. The minimum atomic E-state index is -0.0549. The summed E-state index contributed by atoms with van der Waals surface area (Å²) in [6.07, 6.45) is 1.53. The SMILES string of the molecule is CN=C(NCc1cc2ccccc2[nH]1)N1CCN(C(=O)c2ccco2)CC1.I. The molecule has 0 spiro atoms. The van der Waals surface area contributed by atoms with Crippen LogP contribution in [0.3, 0.4) is 0 Å². The maximum Gasteiger partial charge on any atom is 0.289 e. The second kappa shape index (κ2) is 9.13. The molecule has 7 nitrogen and oxygen atoms in total. The number of carbonyl (C=O) groups excluding carboxylic acids is 1. The Kier molecular flexibility index (Phi) is 6.61. The van der Waals surface area contributed by atoms with Crippen LogP contribution in [-0.4, -0.2) is 59.9 Å². The first kappa shape index (κ1) is 20.2. The molecule has 1 fully saturated rings. The van der Waals surface area contributed by atoms with Crippen molar-refractivity contribution < 1.29 is 9.21 Å². The predicted octanol–water partition coefficient (Wildman–Crippen LogP) is 2.91. The van der Waals surface area contributed by atoms with Gasteiger partial charge in [-0.3, -0.25) is 9.79 Å². The highest BCUT2D eigenvalue weighted by Crippen LogP contribution is 2.14. The molecule has 0 unspecified atom stereocenters. The van der Waals surface area contributed by atoms with Gasteiger partial charge < -0.3 is 24.5 Å². The third-order valence-electron chi connectivity index (χ3n) is 4.83. The van der Waals surface area contributed by atoms with Crippen molar-refractivity contribution in [2.45, 2.75) is 6.54 Å². The van der Waals surface area contributed by atoms with Gasteiger partial charge in [0.1, 0.15) is 0 Å². The first-order valence-corrected chi connectivity index (χ1v) is 9.09. The smallest absolute Gasteiger partial charge is 0.289 e. The van der Waals surface area contributed by atoms with Crippen LogP contribution < -0.4 is 5.32 Å². The number of aliphatic imine (C=N–C) groups is 1. The number of carbonyl (C=O) groups is 1. The molecule has 28 heavy (non-hydrogen) atoms. The zero-order chi connectivity index (χ0) is 18.6. The summed E-state index contributed by atoms with van der Waals surface area (Å²) in [5, 5.41) is 4.61. The Balaban J connectivity index is 0.00000225. The number of guanidine groups is 1. The number of rotatable bonds is 3. The number of nitrogens with one attached hydrogen (secondary N) is 2. The molecule has 3 heterocycles. The van der Waals surface area contributed by atoms with Crippen molar-refractivity contribution in [2.75, 3.05) is 33.2 Å². The van der Waals surface area contributed by atoms with E-state index in [0.717, 1.165) is 30.3 Å². The highest BCUT2D eigenvalue weighted by atomic mass is 127. The average Bonchev–Trinajstić information content (AvgIpc) is 3.38. The molecule has 0 saturated carbocycles. The molecule has 0 bridgehead atoms. The monoisotopic (exact) mass is 493 g/mol. The standard InChI is InChI=1S/C20H23N5O2.HI/c1-21-20(22-14-16-13-15-5-2-3-6-17(15)23-16)25-10-8-24(9-11-25)19(26)18-7-4-12-27-18;/h2-7,12-13,23H,8-11,14H2,1H3,(H,21,22);1H. The highest BCUT2D eigenvalue weighted by molar-refractivity contribution is 14.0. The molecule has 148 valence electrons. The van der Waals surface area contributed by atoms with E-state index in [9.17, 15) is 4.79 Å². The number of amides is 1. The molecule has 1 saturated heterocycles. The lowest BCUT2D eigenvalue weighted by atomic mass is 10.2. The third kappa shape index (κ3) is 4.32. The first-order chi connectivity index (χ1) is 13.2. The van der Waals surface area contributed by atoms with Crippen LogP contribution in [0.1, 0.15) is 16.2 Å². The number of hydrogen-bond acceptors (Lipinski definition) is 3. The summed E-state index contributed by atoms with van der Waals surface area (Å²) in [6.45, 7) is 3.43. The number of furan rings is 1. The van der Waals surface area contributed by atoms with E-state index in [0.29, 0.717) is 25.4 Å². The maximum atomic E-state index is 12.4. The fraction of sp³-hybridized carbons (Fsp3) is 0.300. The Morgan fingerprint density at radius 2 is 1.89 bits per heavy atom. The zero-order valence-electron chi connectivity index (χ0n) is 15.7. The molecule has 1 aliphatic rings. The fourth-order valence-electron chi connectivity index (χ4n) is 3.41. The second-order valence-electron chi connectivity index (χ2n) is 6.54. The van der Waals surface area contributed by atoms with E-state index in [1.807, 2.05) is 17.0 Å². The van der Waals surface area contributed by atoms with E-state index in [2.05, 4.69) is 38.4 Å². The van der Waals surface area contributed by atoms with Gasteiger partial charge in [-0.15, -0.1) is 24.0 Å². The molecule has 1 aliphatic heterocycles. The molecular formula is C20H24IN5O2. The van der Waals surface area contributed by atoms with Crippen LogP contribution in [0, 0.1) is 0 Å². The minimum Gasteiger partial charge on any atom is -0.459 e. The van der Waals surface area contributed by atoms with Crippen LogP contribution >= 0.6 is 24.0 Å². The van der Waals surface area contributed by atoms with E-state index in [-0.39, 0.29) is 29.9 Å². The lowest BCUT2D eigenvalue weighted by Crippen LogP contribution is -2.53. The van der Waals surface area contributed by atoms with Crippen molar-refractivity contribution in [3.8, 4) is 0 Å². The molecule has 4 rings (SSSR count). The number of benzene rings is 1. The average molecular weight is 493 g/mol. The van der Waals surface area contributed by atoms with Crippen molar-refractivity contribution in [2.24, 2.45) is 4.99 Å². The van der Waals surface area contributed by atoms with Gasteiger partial charge in [-0.1, -0.05) is 18.2 Å². The summed E-state index contributed by atoms with van der Waals surface area (Å²) in [7, 11) is 1.79.